The quantitative estimate of drug-likeness (QED) is 0.634. The van der Waals surface area contributed by atoms with Crippen LogP contribution in [0, 0.1) is 11.3 Å². The van der Waals surface area contributed by atoms with Crippen LogP contribution in [0.25, 0.3) is 0 Å². The molecule has 2 rings (SSSR count). The number of likely N-dealkylation sites (N-methyl/N-ethyl adjacent to an activating group) is 1. The van der Waals surface area contributed by atoms with Crippen LogP contribution in [0.5, 0.6) is 0 Å². The summed E-state index contributed by atoms with van der Waals surface area (Å²) < 4.78 is 29.6. The Labute approximate surface area is 173 Å². The molecule has 1 heterocycles. The third kappa shape index (κ3) is 4.97. The first-order chi connectivity index (χ1) is 13.1. The fourth-order valence-corrected chi connectivity index (χ4v) is 4.39. The van der Waals surface area contributed by atoms with Gasteiger partial charge in [0.2, 0.25) is 15.9 Å². The topological polar surface area (TPSA) is 121 Å². The van der Waals surface area contributed by atoms with Crippen molar-refractivity contribution < 1.29 is 13.2 Å². The van der Waals surface area contributed by atoms with Gasteiger partial charge in [0.15, 0.2) is 0 Å². The zero-order valence-corrected chi connectivity index (χ0v) is 17.5. The van der Waals surface area contributed by atoms with Crippen LogP contribution in [0.4, 0.5) is 5.69 Å². The first-order valence-electron chi connectivity index (χ1n) is 8.10. The van der Waals surface area contributed by atoms with Gasteiger partial charge >= 0.3 is 0 Å². The number of carbonyl (C=O) groups excluding carboxylic acids is 1. The van der Waals surface area contributed by atoms with E-state index in [-0.39, 0.29) is 33.6 Å². The summed E-state index contributed by atoms with van der Waals surface area (Å²) in [7, 11) is -1.05. The molecule has 28 heavy (non-hydrogen) atoms. The predicted molar refractivity (Wildman–Crippen MR) is 107 cm³/mol. The lowest BCUT2D eigenvalue weighted by Gasteiger charge is -2.22. The van der Waals surface area contributed by atoms with E-state index in [0.29, 0.717) is 5.69 Å². The normalized spacial score (nSPS) is 12.4. The van der Waals surface area contributed by atoms with Crippen LogP contribution in [0.2, 0.25) is 10.0 Å². The third-order valence-corrected chi connectivity index (χ3v) is 6.08. The number of anilines is 1. The summed E-state index contributed by atoms with van der Waals surface area (Å²) >= 11 is 11.9. The minimum atomic E-state index is -4.10. The van der Waals surface area contributed by atoms with Gasteiger partial charge in [0.25, 0.3) is 0 Å². The zero-order chi connectivity index (χ0) is 21.1. The number of nitrogens with one attached hydrogen (secondary N) is 1. The van der Waals surface area contributed by atoms with E-state index in [1.807, 2.05) is 6.07 Å². The maximum Gasteiger partial charge on any atom is 0.241 e. The Hall–Kier alpha value is -2.25. The lowest BCUT2D eigenvalue weighted by molar-refractivity contribution is -0.130. The average molecular weight is 444 g/mol. The van der Waals surface area contributed by atoms with E-state index in [4.69, 9.17) is 34.2 Å². The minimum Gasteiger partial charge on any atom is -0.396 e. The lowest BCUT2D eigenvalue weighted by atomic mass is 10.2. The molecule has 2 aromatic rings. The number of hydrogen-bond acceptors (Lipinski definition) is 5. The molecule has 3 N–H and O–H groups in total. The van der Waals surface area contributed by atoms with E-state index in [0.717, 1.165) is 0 Å². The molecule has 1 amide bonds. The summed E-state index contributed by atoms with van der Waals surface area (Å²) in [6.07, 6.45) is 1.82. The van der Waals surface area contributed by atoms with Gasteiger partial charge in [-0.2, -0.15) is 9.98 Å². The Kier molecular flexibility index (Phi) is 6.96. The Morgan fingerprint density at radius 2 is 1.96 bits per heavy atom. The van der Waals surface area contributed by atoms with Gasteiger partial charge in [-0.15, -0.1) is 0 Å². The van der Waals surface area contributed by atoms with Crippen molar-refractivity contribution in [3.63, 3.8) is 0 Å². The number of hydrogen-bond donors (Lipinski definition) is 2. The van der Waals surface area contributed by atoms with Gasteiger partial charge in [-0.05, 0) is 30.7 Å². The number of rotatable bonds is 7. The number of aryl methyl sites for hydroxylation is 1. The number of sulfonamides is 1. The highest BCUT2D eigenvalue weighted by atomic mass is 35.5. The molecule has 8 nitrogen and oxygen atoms in total. The second kappa shape index (κ2) is 8.84. The molecule has 11 heteroatoms. The molecule has 1 atom stereocenters. The number of halogens is 2. The standard InChI is InChI=1S/C17H19Cl2N5O3S/c1-23(2)17(25)15(5-7-24-6-3-4-11(24)10-20)22-28(26,27)12-8-13(18)16(21)14(19)9-12/h3-4,6,8-9,15,22H,5,7,21H2,1-2H3. The van der Waals surface area contributed by atoms with Crippen LogP contribution in [0.15, 0.2) is 35.4 Å². The smallest absolute Gasteiger partial charge is 0.241 e. The van der Waals surface area contributed by atoms with Gasteiger partial charge in [0.05, 0.1) is 20.6 Å². The zero-order valence-electron chi connectivity index (χ0n) is 15.2. The number of aromatic nitrogens is 1. The molecule has 0 aliphatic rings. The third-order valence-electron chi connectivity index (χ3n) is 4.00. The van der Waals surface area contributed by atoms with Crippen molar-refractivity contribution in [3.05, 3.63) is 46.2 Å². The highest BCUT2D eigenvalue weighted by molar-refractivity contribution is 7.89. The molecule has 0 saturated carbocycles. The van der Waals surface area contributed by atoms with E-state index >= 15 is 0 Å². The Balaban J connectivity index is 2.29. The van der Waals surface area contributed by atoms with Crippen LogP contribution >= 0.6 is 23.2 Å². The minimum absolute atomic E-state index is 0.00522. The maximum absolute atomic E-state index is 12.8. The van der Waals surface area contributed by atoms with Crippen LogP contribution in [-0.4, -0.2) is 43.9 Å². The van der Waals surface area contributed by atoms with Crippen LogP contribution in [-0.2, 0) is 21.4 Å². The second-order valence-corrected chi connectivity index (χ2v) is 8.72. The largest absolute Gasteiger partial charge is 0.396 e. The SMILES string of the molecule is CN(C)C(=O)C(CCn1cccc1C#N)NS(=O)(=O)c1cc(Cl)c(N)c(Cl)c1. The molecule has 0 bridgehead atoms. The monoisotopic (exact) mass is 443 g/mol. The summed E-state index contributed by atoms with van der Waals surface area (Å²) in [4.78, 5) is 13.6. The predicted octanol–water partition coefficient (Wildman–Crippen LogP) is 2.07. The van der Waals surface area contributed by atoms with Crippen LogP contribution in [0.3, 0.4) is 0 Å². The summed E-state index contributed by atoms with van der Waals surface area (Å²) in [5, 5.41) is 9.08. The first-order valence-corrected chi connectivity index (χ1v) is 10.3. The number of nitrogen functional groups attached to an aromatic ring is 1. The Morgan fingerprint density at radius 3 is 2.50 bits per heavy atom. The number of nitriles is 1. The molecule has 1 aromatic heterocycles. The average Bonchev–Trinajstić information content (AvgIpc) is 3.09. The van der Waals surface area contributed by atoms with Gasteiger partial charge in [-0.1, -0.05) is 23.2 Å². The molecule has 0 radical (unpaired) electrons. The van der Waals surface area contributed by atoms with Gasteiger partial charge in [-0.25, -0.2) is 8.42 Å². The summed E-state index contributed by atoms with van der Waals surface area (Å²) in [6.45, 7) is 0.270. The number of benzene rings is 1. The van der Waals surface area contributed by atoms with Crippen molar-refractivity contribution in [1.29, 1.82) is 5.26 Å². The van der Waals surface area contributed by atoms with Crippen molar-refractivity contribution in [2.75, 3.05) is 19.8 Å². The van der Waals surface area contributed by atoms with Crippen LogP contribution < -0.4 is 10.5 Å². The lowest BCUT2D eigenvalue weighted by Crippen LogP contribution is -2.46. The molecule has 150 valence electrons. The fraction of sp³-hybridized carbons (Fsp3) is 0.294. The number of amides is 1. The van der Waals surface area contributed by atoms with Gasteiger partial charge in [-0.3, -0.25) is 4.79 Å². The van der Waals surface area contributed by atoms with E-state index < -0.39 is 22.0 Å². The number of nitrogens with zero attached hydrogens (tertiary/aromatic N) is 3. The molecule has 0 spiro atoms. The highest BCUT2D eigenvalue weighted by Gasteiger charge is 2.28. The Bertz CT molecular complexity index is 1000. The molecule has 0 saturated heterocycles. The van der Waals surface area contributed by atoms with Crippen LogP contribution in [0.1, 0.15) is 12.1 Å². The molecular formula is C17H19Cl2N5O3S. The van der Waals surface area contributed by atoms with Crippen molar-refractivity contribution >= 4 is 44.8 Å². The van der Waals surface area contributed by atoms with Gasteiger partial charge in [0, 0.05) is 26.8 Å². The van der Waals surface area contributed by atoms with Crippen molar-refractivity contribution in [2.24, 2.45) is 0 Å². The molecule has 1 aromatic carbocycles. The highest BCUT2D eigenvalue weighted by Crippen LogP contribution is 2.30. The summed E-state index contributed by atoms with van der Waals surface area (Å²) in [5.74, 6) is -0.429. The number of carbonyl (C=O) groups is 1. The van der Waals surface area contributed by atoms with E-state index in [1.54, 1.807) is 22.9 Å². The summed E-state index contributed by atoms with van der Waals surface area (Å²) in [5.41, 5.74) is 6.13. The van der Waals surface area contributed by atoms with Gasteiger partial charge < -0.3 is 15.2 Å². The molecular weight excluding hydrogens is 425 g/mol. The maximum atomic E-state index is 12.8. The van der Waals surface area contributed by atoms with Crippen molar-refractivity contribution in [3.8, 4) is 6.07 Å². The fourth-order valence-electron chi connectivity index (χ4n) is 2.49. The number of nitrogens with two attached hydrogens (primary N) is 1. The van der Waals surface area contributed by atoms with E-state index in [1.165, 1.54) is 31.1 Å². The molecule has 1 unspecified atom stereocenters. The Morgan fingerprint density at radius 1 is 1.36 bits per heavy atom. The van der Waals surface area contributed by atoms with Gasteiger partial charge in [0.1, 0.15) is 17.8 Å². The molecule has 0 fully saturated rings. The first kappa shape index (κ1) is 22.0. The van der Waals surface area contributed by atoms with Crippen molar-refractivity contribution in [1.82, 2.24) is 14.2 Å². The van der Waals surface area contributed by atoms with Crippen molar-refractivity contribution in [2.45, 2.75) is 23.9 Å². The molecule has 0 aliphatic heterocycles. The molecule has 0 aliphatic carbocycles. The summed E-state index contributed by atoms with van der Waals surface area (Å²) in [6, 6.07) is 6.65. The second-order valence-electron chi connectivity index (χ2n) is 6.19. The van der Waals surface area contributed by atoms with E-state index in [9.17, 15) is 13.2 Å². The van der Waals surface area contributed by atoms with E-state index in [2.05, 4.69) is 4.72 Å².